The molecule has 0 spiro atoms. The van der Waals surface area contributed by atoms with E-state index in [0.717, 1.165) is 0 Å². The lowest BCUT2D eigenvalue weighted by atomic mass is 10.2. The lowest BCUT2D eigenvalue weighted by Gasteiger charge is -2.32. The van der Waals surface area contributed by atoms with Crippen molar-refractivity contribution in [3.8, 4) is 0 Å². The van der Waals surface area contributed by atoms with Gasteiger partial charge in [-0.2, -0.15) is 0 Å². The van der Waals surface area contributed by atoms with Crippen LogP contribution in [0.25, 0.3) is 0 Å². The molecule has 1 unspecified atom stereocenters. The molecule has 96 valence electrons. The second-order valence-corrected chi connectivity index (χ2v) is 4.04. The van der Waals surface area contributed by atoms with Crippen LogP contribution in [0.4, 0.5) is 5.69 Å². The first-order valence-corrected chi connectivity index (χ1v) is 5.65. The summed E-state index contributed by atoms with van der Waals surface area (Å²) in [6.45, 7) is 2.66. The molecule has 18 heavy (non-hydrogen) atoms. The Labute approximate surface area is 104 Å². The molecular weight excluding hydrogens is 234 g/mol. The molecule has 0 radical (unpaired) electrons. The van der Waals surface area contributed by atoms with Crippen LogP contribution in [0.3, 0.4) is 0 Å². The van der Waals surface area contributed by atoms with Gasteiger partial charge in [-0.15, -0.1) is 0 Å². The minimum atomic E-state index is -0.472. The van der Waals surface area contributed by atoms with Crippen molar-refractivity contribution in [1.29, 1.82) is 0 Å². The van der Waals surface area contributed by atoms with Crippen molar-refractivity contribution in [3.63, 3.8) is 0 Å². The van der Waals surface area contributed by atoms with E-state index in [9.17, 15) is 9.59 Å². The topological polar surface area (TPSA) is 100 Å². The van der Waals surface area contributed by atoms with Crippen LogP contribution in [0.5, 0.6) is 0 Å². The summed E-state index contributed by atoms with van der Waals surface area (Å²) in [6, 6.07) is 2.77. The fraction of sp³-hybridized carbons (Fsp3) is 0.364. The van der Waals surface area contributed by atoms with Gasteiger partial charge >= 0.3 is 0 Å². The summed E-state index contributed by atoms with van der Waals surface area (Å²) in [4.78, 5) is 29.2. The molecule has 0 bridgehead atoms. The fourth-order valence-corrected chi connectivity index (χ4v) is 1.81. The van der Waals surface area contributed by atoms with Gasteiger partial charge in [0.15, 0.2) is 0 Å². The molecule has 4 N–H and O–H groups in total. The predicted octanol–water partition coefficient (Wildman–Crippen LogP) is -0.672. The number of amides is 2. The summed E-state index contributed by atoms with van der Waals surface area (Å²) in [7, 11) is 0. The molecule has 2 rings (SSSR count). The molecule has 0 aliphatic carbocycles. The van der Waals surface area contributed by atoms with Gasteiger partial charge in [0.05, 0.1) is 11.9 Å². The number of nitrogens with zero attached hydrogens (tertiary/aromatic N) is 2. The number of hydrogen-bond acceptors (Lipinski definition) is 5. The number of nitrogens with one attached hydrogen (secondary N) is 2. The van der Waals surface area contributed by atoms with Gasteiger partial charge in [-0.3, -0.25) is 15.4 Å². The third-order valence-corrected chi connectivity index (χ3v) is 2.91. The minimum Gasteiger partial charge on any atom is -0.353 e. The maximum Gasteiger partial charge on any atom is 0.273 e. The first-order valence-electron chi connectivity index (χ1n) is 5.65. The van der Waals surface area contributed by atoms with Crippen molar-refractivity contribution in [2.45, 2.75) is 13.0 Å². The summed E-state index contributed by atoms with van der Waals surface area (Å²) < 4.78 is 0. The van der Waals surface area contributed by atoms with Gasteiger partial charge in [0.1, 0.15) is 11.7 Å². The normalized spacial score (nSPS) is 19.3. The van der Waals surface area contributed by atoms with E-state index in [1.807, 2.05) is 0 Å². The van der Waals surface area contributed by atoms with E-state index in [1.54, 1.807) is 19.1 Å². The molecule has 1 aromatic rings. The summed E-state index contributed by atoms with van der Waals surface area (Å²) in [5.74, 6) is 4.83. The van der Waals surface area contributed by atoms with Crippen LogP contribution in [0.15, 0.2) is 18.3 Å². The quantitative estimate of drug-likeness (QED) is 0.476. The average Bonchev–Trinajstić information content (AvgIpc) is 2.41. The van der Waals surface area contributed by atoms with Crippen LogP contribution in [0.1, 0.15) is 17.4 Å². The van der Waals surface area contributed by atoms with Gasteiger partial charge < -0.3 is 15.6 Å². The summed E-state index contributed by atoms with van der Waals surface area (Å²) >= 11 is 0. The lowest BCUT2D eigenvalue weighted by Crippen LogP contribution is -2.55. The number of rotatable bonds is 2. The van der Waals surface area contributed by atoms with Crippen LogP contribution in [-0.2, 0) is 4.79 Å². The van der Waals surface area contributed by atoms with Gasteiger partial charge in [-0.25, -0.2) is 4.98 Å². The molecule has 1 aromatic heterocycles. The molecule has 1 atom stereocenters. The number of anilines is 1. The molecule has 0 aromatic carbocycles. The van der Waals surface area contributed by atoms with E-state index < -0.39 is 6.04 Å². The molecule has 7 heteroatoms. The zero-order chi connectivity index (χ0) is 13.1. The highest BCUT2D eigenvalue weighted by Gasteiger charge is 2.30. The van der Waals surface area contributed by atoms with Crippen LogP contribution in [0, 0.1) is 0 Å². The molecule has 1 aliphatic rings. The number of piperazine rings is 1. The van der Waals surface area contributed by atoms with Crippen LogP contribution >= 0.6 is 0 Å². The van der Waals surface area contributed by atoms with Crippen molar-refractivity contribution in [2.75, 3.05) is 18.5 Å². The Morgan fingerprint density at radius 3 is 3.00 bits per heavy atom. The van der Waals surface area contributed by atoms with Gasteiger partial charge in [0.2, 0.25) is 5.91 Å². The van der Waals surface area contributed by atoms with Gasteiger partial charge in [-0.1, -0.05) is 0 Å². The Morgan fingerprint density at radius 2 is 2.39 bits per heavy atom. The van der Waals surface area contributed by atoms with Crippen LogP contribution in [-0.4, -0.2) is 40.8 Å². The Kier molecular flexibility index (Phi) is 3.42. The first kappa shape index (κ1) is 12.3. The zero-order valence-electron chi connectivity index (χ0n) is 10.0. The Balaban J connectivity index is 2.16. The number of aromatic nitrogens is 1. The second kappa shape index (κ2) is 5.01. The Morgan fingerprint density at radius 1 is 1.61 bits per heavy atom. The van der Waals surface area contributed by atoms with Gasteiger partial charge in [0, 0.05) is 13.1 Å². The second-order valence-electron chi connectivity index (χ2n) is 4.04. The number of nitrogen functional groups attached to an aromatic ring is 1. The number of carbonyl (C=O) groups is 2. The number of carbonyl (C=O) groups excluding carboxylic acids is 2. The first-order chi connectivity index (χ1) is 8.63. The SMILES string of the molecule is CC1C(=O)NCCN1C(=O)c1ccc(NN)cn1. The summed E-state index contributed by atoms with van der Waals surface area (Å²) in [5.41, 5.74) is 3.36. The maximum atomic E-state index is 12.2. The van der Waals surface area contributed by atoms with Crippen molar-refractivity contribution in [2.24, 2.45) is 5.84 Å². The number of nitrogens with two attached hydrogens (primary N) is 1. The number of pyridine rings is 1. The molecule has 1 saturated heterocycles. The fourth-order valence-electron chi connectivity index (χ4n) is 1.81. The van der Waals surface area contributed by atoms with E-state index in [2.05, 4.69) is 15.7 Å². The van der Waals surface area contributed by atoms with Crippen molar-refractivity contribution in [3.05, 3.63) is 24.0 Å². The highest BCUT2D eigenvalue weighted by Crippen LogP contribution is 2.11. The zero-order valence-corrected chi connectivity index (χ0v) is 10.0. The molecule has 0 saturated carbocycles. The van der Waals surface area contributed by atoms with Crippen molar-refractivity contribution >= 4 is 17.5 Å². The average molecular weight is 249 g/mol. The highest BCUT2D eigenvalue weighted by atomic mass is 16.2. The van der Waals surface area contributed by atoms with E-state index in [-0.39, 0.29) is 11.8 Å². The summed E-state index contributed by atoms with van der Waals surface area (Å²) in [6.07, 6.45) is 1.47. The largest absolute Gasteiger partial charge is 0.353 e. The van der Waals surface area contributed by atoms with Crippen LogP contribution < -0.4 is 16.6 Å². The third-order valence-electron chi connectivity index (χ3n) is 2.91. The molecular formula is C11H15N5O2. The molecule has 2 heterocycles. The number of hydrogen-bond donors (Lipinski definition) is 3. The maximum absolute atomic E-state index is 12.2. The Bertz CT molecular complexity index is 459. The lowest BCUT2D eigenvalue weighted by molar-refractivity contribution is -0.127. The van der Waals surface area contributed by atoms with E-state index >= 15 is 0 Å². The number of hydrazine groups is 1. The van der Waals surface area contributed by atoms with Gasteiger partial charge in [0.25, 0.3) is 5.91 Å². The Hall–Kier alpha value is -2.15. The molecule has 7 nitrogen and oxygen atoms in total. The van der Waals surface area contributed by atoms with Crippen molar-refractivity contribution in [1.82, 2.24) is 15.2 Å². The smallest absolute Gasteiger partial charge is 0.273 e. The molecule has 1 aliphatic heterocycles. The summed E-state index contributed by atoms with van der Waals surface area (Å²) in [5, 5.41) is 2.71. The van der Waals surface area contributed by atoms with E-state index in [4.69, 9.17) is 5.84 Å². The van der Waals surface area contributed by atoms with E-state index in [1.165, 1.54) is 11.1 Å². The predicted molar refractivity (Wildman–Crippen MR) is 65.6 cm³/mol. The van der Waals surface area contributed by atoms with Crippen LogP contribution in [0.2, 0.25) is 0 Å². The van der Waals surface area contributed by atoms with E-state index in [0.29, 0.717) is 24.5 Å². The molecule has 2 amide bonds. The van der Waals surface area contributed by atoms with Crippen molar-refractivity contribution < 1.29 is 9.59 Å². The monoisotopic (exact) mass is 249 g/mol. The standard InChI is InChI=1S/C11H15N5O2/c1-7-10(17)13-4-5-16(7)11(18)9-3-2-8(15-12)6-14-9/h2-3,6-7,15H,4-5,12H2,1H3,(H,13,17). The minimum absolute atomic E-state index is 0.144. The molecule has 1 fully saturated rings. The third kappa shape index (κ3) is 2.25. The highest BCUT2D eigenvalue weighted by molar-refractivity contribution is 5.96. The van der Waals surface area contributed by atoms with Gasteiger partial charge in [-0.05, 0) is 19.1 Å².